The Kier molecular flexibility index (Phi) is 3.91. The second-order valence-electron chi connectivity index (χ2n) is 4.45. The van der Waals surface area contributed by atoms with Gasteiger partial charge >= 0.3 is 0 Å². The van der Waals surface area contributed by atoms with Crippen molar-refractivity contribution in [3.63, 3.8) is 0 Å². The van der Waals surface area contributed by atoms with Gasteiger partial charge in [-0.05, 0) is 56.1 Å². The zero-order valence-corrected chi connectivity index (χ0v) is 9.58. The first-order chi connectivity index (χ1) is 7.79. The van der Waals surface area contributed by atoms with Gasteiger partial charge in [0.25, 0.3) is 0 Å². The van der Waals surface area contributed by atoms with Crippen molar-refractivity contribution in [1.82, 2.24) is 4.90 Å². The van der Waals surface area contributed by atoms with Crippen molar-refractivity contribution in [3.8, 4) is 0 Å². The van der Waals surface area contributed by atoms with Crippen molar-refractivity contribution in [2.75, 3.05) is 19.6 Å². The van der Waals surface area contributed by atoms with E-state index >= 15 is 0 Å². The molecule has 0 atom stereocenters. The minimum Gasteiger partial charge on any atom is -0.330 e. The predicted octanol–water partition coefficient (Wildman–Crippen LogP) is 1.92. The summed E-state index contributed by atoms with van der Waals surface area (Å²) in [5.74, 6) is -0.109. The highest BCUT2D eigenvalue weighted by molar-refractivity contribution is 5.24. The van der Waals surface area contributed by atoms with Crippen LogP contribution in [0.4, 0.5) is 4.39 Å². The van der Waals surface area contributed by atoms with Gasteiger partial charge < -0.3 is 5.73 Å². The Morgan fingerprint density at radius 1 is 1.25 bits per heavy atom. The first-order valence-corrected chi connectivity index (χ1v) is 5.99. The van der Waals surface area contributed by atoms with Gasteiger partial charge in [0.15, 0.2) is 0 Å². The van der Waals surface area contributed by atoms with Crippen molar-refractivity contribution in [2.45, 2.75) is 25.8 Å². The number of likely N-dealkylation sites (tertiary alicyclic amines) is 1. The van der Waals surface area contributed by atoms with Gasteiger partial charge in [0.05, 0.1) is 0 Å². The third kappa shape index (κ3) is 2.80. The van der Waals surface area contributed by atoms with Crippen LogP contribution in [-0.2, 0) is 13.0 Å². The molecule has 0 amide bonds. The van der Waals surface area contributed by atoms with Crippen molar-refractivity contribution < 1.29 is 4.39 Å². The third-order valence-electron chi connectivity index (χ3n) is 3.14. The largest absolute Gasteiger partial charge is 0.330 e. The molecule has 0 aromatic heterocycles. The first-order valence-electron chi connectivity index (χ1n) is 5.99. The Labute approximate surface area is 96.2 Å². The maximum atomic E-state index is 13.6. The first kappa shape index (κ1) is 11.6. The molecule has 1 fully saturated rings. The normalized spacial score (nSPS) is 16.9. The average Bonchev–Trinajstić information content (AvgIpc) is 2.75. The summed E-state index contributed by atoms with van der Waals surface area (Å²) in [5.41, 5.74) is 7.22. The van der Waals surface area contributed by atoms with Gasteiger partial charge in [-0.2, -0.15) is 0 Å². The van der Waals surface area contributed by atoms with Crippen LogP contribution in [0.1, 0.15) is 24.0 Å². The zero-order chi connectivity index (χ0) is 11.4. The second kappa shape index (κ2) is 5.41. The van der Waals surface area contributed by atoms with E-state index in [9.17, 15) is 4.39 Å². The lowest BCUT2D eigenvalue weighted by Gasteiger charge is -2.15. The Balaban J connectivity index is 2.02. The third-order valence-corrected chi connectivity index (χ3v) is 3.14. The lowest BCUT2D eigenvalue weighted by Crippen LogP contribution is -2.18. The van der Waals surface area contributed by atoms with Gasteiger partial charge in [-0.15, -0.1) is 0 Å². The molecule has 0 radical (unpaired) electrons. The summed E-state index contributed by atoms with van der Waals surface area (Å²) in [6.07, 6.45) is 3.16. The molecule has 0 bridgehead atoms. The van der Waals surface area contributed by atoms with Gasteiger partial charge in [0.2, 0.25) is 0 Å². The molecule has 2 N–H and O–H groups in total. The molecule has 88 valence electrons. The summed E-state index contributed by atoms with van der Waals surface area (Å²) in [5, 5.41) is 0. The van der Waals surface area contributed by atoms with Crippen LogP contribution in [0.15, 0.2) is 18.2 Å². The summed E-state index contributed by atoms with van der Waals surface area (Å²) < 4.78 is 13.6. The summed E-state index contributed by atoms with van der Waals surface area (Å²) >= 11 is 0. The lowest BCUT2D eigenvalue weighted by atomic mass is 10.1. The van der Waals surface area contributed by atoms with E-state index in [4.69, 9.17) is 5.73 Å². The molecule has 1 aliphatic heterocycles. The topological polar surface area (TPSA) is 29.3 Å². The molecular formula is C13H19FN2. The van der Waals surface area contributed by atoms with Crippen LogP contribution in [0.25, 0.3) is 0 Å². The van der Waals surface area contributed by atoms with Crippen molar-refractivity contribution in [3.05, 3.63) is 35.1 Å². The molecule has 1 aromatic carbocycles. The van der Waals surface area contributed by atoms with Gasteiger partial charge in [-0.25, -0.2) is 4.39 Å². The van der Waals surface area contributed by atoms with Crippen molar-refractivity contribution in [1.29, 1.82) is 0 Å². The minimum absolute atomic E-state index is 0.109. The molecule has 16 heavy (non-hydrogen) atoms. The van der Waals surface area contributed by atoms with Crippen LogP contribution in [0, 0.1) is 5.82 Å². The van der Waals surface area contributed by atoms with E-state index in [0.717, 1.165) is 30.8 Å². The molecule has 0 aliphatic carbocycles. The Morgan fingerprint density at radius 2 is 2.00 bits per heavy atom. The fourth-order valence-corrected chi connectivity index (χ4v) is 2.25. The van der Waals surface area contributed by atoms with Crippen LogP contribution in [0.2, 0.25) is 0 Å². The van der Waals surface area contributed by atoms with Gasteiger partial charge in [-0.3, -0.25) is 4.90 Å². The van der Waals surface area contributed by atoms with E-state index in [1.54, 1.807) is 6.07 Å². The highest BCUT2D eigenvalue weighted by Crippen LogP contribution is 2.15. The van der Waals surface area contributed by atoms with E-state index in [2.05, 4.69) is 4.90 Å². The molecule has 1 aromatic rings. The van der Waals surface area contributed by atoms with E-state index in [1.807, 2.05) is 12.1 Å². The van der Waals surface area contributed by atoms with Crippen LogP contribution in [0.3, 0.4) is 0 Å². The smallest absolute Gasteiger partial charge is 0.126 e. The Hall–Kier alpha value is -0.930. The number of benzene rings is 1. The molecular weight excluding hydrogens is 203 g/mol. The summed E-state index contributed by atoms with van der Waals surface area (Å²) in [6, 6.07) is 5.54. The maximum Gasteiger partial charge on any atom is 0.126 e. The molecule has 1 saturated heterocycles. The summed E-state index contributed by atoms with van der Waals surface area (Å²) in [4.78, 5) is 2.37. The molecule has 0 unspecified atom stereocenters. The van der Waals surface area contributed by atoms with E-state index in [-0.39, 0.29) is 5.82 Å². The van der Waals surface area contributed by atoms with E-state index in [1.165, 1.54) is 12.8 Å². The van der Waals surface area contributed by atoms with Crippen molar-refractivity contribution >= 4 is 0 Å². The van der Waals surface area contributed by atoms with Crippen molar-refractivity contribution in [2.24, 2.45) is 5.73 Å². The zero-order valence-electron chi connectivity index (χ0n) is 9.58. The second-order valence-corrected chi connectivity index (χ2v) is 4.45. The highest BCUT2D eigenvalue weighted by Gasteiger charge is 2.12. The fourth-order valence-electron chi connectivity index (χ4n) is 2.25. The summed E-state index contributed by atoms with van der Waals surface area (Å²) in [6.45, 7) is 3.67. The molecule has 2 nitrogen and oxygen atoms in total. The molecule has 0 saturated carbocycles. The highest BCUT2D eigenvalue weighted by atomic mass is 19.1. The van der Waals surface area contributed by atoms with Gasteiger partial charge in [0, 0.05) is 6.54 Å². The van der Waals surface area contributed by atoms with E-state index in [0.29, 0.717) is 13.0 Å². The SMILES string of the molecule is NCCc1ccc(CN2CCCC2)cc1F. The average molecular weight is 222 g/mol. The van der Waals surface area contributed by atoms with E-state index < -0.39 is 0 Å². The number of hydrogen-bond donors (Lipinski definition) is 1. The van der Waals surface area contributed by atoms with Crippen LogP contribution >= 0.6 is 0 Å². The van der Waals surface area contributed by atoms with Crippen LogP contribution < -0.4 is 5.73 Å². The molecule has 2 rings (SSSR count). The van der Waals surface area contributed by atoms with Gasteiger partial charge in [0.1, 0.15) is 5.82 Å². The number of nitrogens with two attached hydrogens (primary N) is 1. The lowest BCUT2D eigenvalue weighted by molar-refractivity contribution is 0.331. The number of hydrogen-bond acceptors (Lipinski definition) is 2. The standard InChI is InChI=1S/C13H19FN2/c14-13-9-11(3-4-12(13)5-6-15)10-16-7-1-2-8-16/h3-4,9H,1-2,5-8,10,15H2. The predicted molar refractivity (Wildman–Crippen MR) is 63.7 cm³/mol. The number of nitrogens with zero attached hydrogens (tertiary/aromatic N) is 1. The Bertz CT molecular complexity index is 346. The molecule has 0 spiro atoms. The fraction of sp³-hybridized carbons (Fsp3) is 0.538. The monoisotopic (exact) mass is 222 g/mol. The molecule has 1 heterocycles. The Morgan fingerprint density at radius 3 is 2.62 bits per heavy atom. The minimum atomic E-state index is -0.109. The van der Waals surface area contributed by atoms with Crippen LogP contribution in [-0.4, -0.2) is 24.5 Å². The summed E-state index contributed by atoms with van der Waals surface area (Å²) in [7, 11) is 0. The molecule has 3 heteroatoms. The number of halogens is 1. The van der Waals surface area contributed by atoms with Crippen LogP contribution in [0.5, 0.6) is 0 Å². The maximum absolute atomic E-state index is 13.6. The van der Waals surface area contributed by atoms with Gasteiger partial charge in [-0.1, -0.05) is 12.1 Å². The quantitative estimate of drug-likeness (QED) is 0.843. The number of rotatable bonds is 4. The molecule has 1 aliphatic rings.